The van der Waals surface area contributed by atoms with E-state index < -0.39 is 11.1 Å². The van der Waals surface area contributed by atoms with Gasteiger partial charge >= 0.3 is 0 Å². The standard InChI is InChI=1S/C27H58N2O3/c1-2-3-4-5-6-7-8-9-10-11-12-13-14-15-16-17-19-26(28,21-24-31)27(29,22-25-32)20-18-23-30/h30-32H,2-25,28-29H2,1H3. The van der Waals surface area contributed by atoms with Crippen LogP contribution < -0.4 is 11.5 Å². The lowest BCUT2D eigenvalue weighted by molar-refractivity contribution is 0.102. The van der Waals surface area contributed by atoms with E-state index in [0.29, 0.717) is 25.7 Å². The molecule has 0 fully saturated rings. The molecule has 0 radical (unpaired) electrons. The Balaban J connectivity index is 3.86. The molecule has 0 aliphatic rings. The predicted octanol–water partition coefficient (Wildman–Crippen LogP) is 5.57. The van der Waals surface area contributed by atoms with Gasteiger partial charge in [0.2, 0.25) is 0 Å². The van der Waals surface area contributed by atoms with Crippen molar-refractivity contribution in [3.05, 3.63) is 0 Å². The molecule has 0 saturated carbocycles. The van der Waals surface area contributed by atoms with Gasteiger partial charge in [-0.3, -0.25) is 0 Å². The molecular formula is C27H58N2O3. The fraction of sp³-hybridized carbons (Fsp3) is 1.00. The van der Waals surface area contributed by atoms with Crippen LogP contribution in [0, 0.1) is 0 Å². The zero-order valence-corrected chi connectivity index (χ0v) is 21.5. The van der Waals surface area contributed by atoms with Crippen LogP contribution in [0.15, 0.2) is 0 Å². The zero-order valence-electron chi connectivity index (χ0n) is 21.5. The quantitative estimate of drug-likeness (QED) is 0.115. The van der Waals surface area contributed by atoms with E-state index in [1.165, 1.54) is 89.9 Å². The summed E-state index contributed by atoms with van der Waals surface area (Å²) in [6, 6.07) is 0. The largest absolute Gasteiger partial charge is 0.396 e. The Morgan fingerprint density at radius 1 is 0.406 bits per heavy atom. The Hall–Kier alpha value is -0.200. The van der Waals surface area contributed by atoms with Crippen LogP contribution in [0.2, 0.25) is 0 Å². The van der Waals surface area contributed by atoms with Crippen LogP contribution >= 0.6 is 0 Å². The number of nitrogens with two attached hydrogens (primary N) is 2. The molecule has 0 heterocycles. The molecule has 0 aromatic rings. The fourth-order valence-corrected chi connectivity index (χ4v) is 5.03. The van der Waals surface area contributed by atoms with Gasteiger partial charge in [-0.2, -0.15) is 0 Å². The second kappa shape index (κ2) is 21.3. The maximum Gasteiger partial charge on any atom is 0.0449 e. The van der Waals surface area contributed by atoms with Gasteiger partial charge in [0.15, 0.2) is 0 Å². The molecule has 2 atom stereocenters. The summed E-state index contributed by atoms with van der Waals surface area (Å²) in [5.41, 5.74) is 11.9. The molecule has 194 valence electrons. The van der Waals surface area contributed by atoms with Crippen molar-refractivity contribution in [2.75, 3.05) is 19.8 Å². The highest BCUT2D eigenvalue weighted by Gasteiger charge is 2.44. The van der Waals surface area contributed by atoms with Crippen LogP contribution in [-0.2, 0) is 0 Å². The Labute approximate surface area is 199 Å². The number of hydrogen-bond acceptors (Lipinski definition) is 5. The van der Waals surface area contributed by atoms with E-state index in [0.717, 1.165) is 19.3 Å². The van der Waals surface area contributed by atoms with Crippen molar-refractivity contribution in [2.45, 2.75) is 153 Å². The predicted molar refractivity (Wildman–Crippen MR) is 138 cm³/mol. The Morgan fingerprint density at radius 2 is 0.719 bits per heavy atom. The second-order valence-corrected chi connectivity index (χ2v) is 10.1. The minimum atomic E-state index is -0.747. The van der Waals surface area contributed by atoms with Crippen LogP contribution in [0.3, 0.4) is 0 Å². The van der Waals surface area contributed by atoms with E-state index in [4.69, 9.17) is 11.5 Å². The smallest absolute Gasteiger partial charge is 0.0449 e. The Bertz CT molecular complexity index is 397. The topological polar surface area (TPSA) is 113 Å². The molecule has 0 aliphatic heterocycles. The van der Waals surface area contributed by atoms with Crippen LogP contribution in [0.4, 0.5) is 0 Å². The van der Waals surface area contributed by atoms with Crippen LogP contribution in [0.25, 0.3) is 0 Å². The van der Waals surface area contributed by atoms with E-state index in [-0.39, 0.29) is 19.8 Å². The second-order valence-electron chi connectivity index (χ2n) is 10.1. The first kappa shape index (κ1) is 31.8. The van der Waals surface area contributed by atoms with E-state index >= 15 is 0 Å². The highest BCUT2D eigenvalue weighted by atomic mass is 16.3. The summed E-state index contributed by atoms with van der Waals surface area (Å²) in [5.74, 6) is 0. The third-order valence-corrected chi connectivity index (χ3v) is 7.36. The fourth-order valence-electron chi connectivity index (χ4n) is 5.03. The number of aliphatic hydroxyl groups is 3. The maximum absolute atomic E-state index is 9.55. The van der Waals surface area contributed by atoms with Crippen molar-refractivity contribution in [1.82, 2.24) is 0 Å². The van der Waals surface area contributed by atoms with E-state index in [9.17, 15) is 15.3 Å². The van der Waals surface area contributed by atoms with Crippen molar-refractivity contribution >= 4 is 0 Å². The Kier molecular flexibility index (Phi) is 21.2. The highest BCUT2D eigenvalue weighted by molar-refractivity contribution is 5.06. The van der Waals surface area contributed by atoms with Crippen molar-refractivity contribution < 1.29 is 15.3 Å². The van der Waals surface area contributed by atoms with E-state index in [2.05, 4.69) is 6.92 Å². The first-order valence-corrected chi connectivity index (χ1v) is 13.9. The molecular weight excluding hydrogens is 400 g/mol. The molecule has 0 bridgehead atoms. The van der Waals surface area contributed by atoms with Crippen molar-refractivity contribution in [1.29, 1.82) is 0 Å². The van der Waals surface area contributed by atoms with Crippen LogP contribution in [-0.4, -0.2) is 46.2 Å². The Morgan fingerprint density at radius 3 is 1.03 bits per heavy atom. The van der Waals surface area contributed by atoms with Gasteiger partial charge in [-0.1, -0.05) is 110 Å². The minimum absolute atomic E-state index is 0.00113. The van der Waals surface area contributed by atoms with E-state index in [1.807, 2.05) is 0 Å². The SMILES string of the molecule is CCCCCCCCCCCCCCCCCCC(N)(CCO)C(N)(CCO)CCCO. The summed E-state index contributed by atoms with van der Waals surface area (Å²) < 4.78 is 0. The lowest BCUT2D eigenvalue weighted by atomic mass is 9.68. The summed E-state index contributed by atoms with van der Waals surface area (Å²) in [6.07, 6.45) is 24.1. The summed E-state index contributed by atoms with van der Waals surface area (Å²) in [7, 11) is 0. The van der Waals surface area contributed by atoms with Gasteiger partial charge in [0.1, 0.15) is 0 Å². The average Bonchev–Trinajstić information content (AvgIpc) is 2.77. The van der Waals surface area contributed by atoms with Gasteiger partial charge in [-0.15, -0.1) is 0 Å². The molecule has 0 saturated heterocycles. The molecule has 0 aromatic heterocycles. The summed E-state index contributed by atoms with van der Waals surface area (Å²) in [4.78, 5) is 0. The van der Waals surface area contributed by atoms with Gasteiger partial charge in [0.05, 0.1) is 0 Å². The van der Waals surface area contributed by atoms with E-state index in [1.54, 1.807) is 0 Å². The summed E-state index contributed by atoms with van der Waals surface area (Å²) in [6.45, 7) is 2.32. The zero-order chi connectivity index (χ0) is 24.0. The lowest BCUT2D eigenvalue weighted by Crippen LogP contribution is -2.66. The lowest BCUT2D eigenvalue weighted by Gasteiger charge is -2.46. The van der Waals surface area contributed by atoms with Gasteiger partial charge in [-0.05, 0) is 32.1 Å². The van der Waals surface area contributed by atoms with Gasteiger partial charge in [0, 0.05) is 30.9 Å². The van der Waals surface area contributed by atoms with Crippen LogP contribution in [0.5, 0.6) is 0 Å². The third-order valence-electron chi connectivity index (χ3n) is 7.36. The minimum Gasteiger partial charge on any atom is -0.396 e. The monoisotopic (exact) mass is 458 g/mol. The number of rotatable bonds is 25. The molecule has 0 aromatic carbocycles. The summed E-state index contributed by atoms with van der Waals surface area (Å²) >= 11 is 0. The molecule has 5 heteroatoms. The van der Waals surface area contributed by atoms with Crippen molar-refractivity contribution in [2.24, 2.45) is 11.5 Å². The molecule has 0 aliphatic carbocycles. The number of hydrogen-bond donors (Lipinski definition) is 5. The highest BCUT2D eigenvalue weighted by Crippen LogP contribution is 2.33. The maximum atomic E-state index is 9.55. The molecule has 0 spiro atoms. The van der Waals surface area contributed by atoms with Crippen LogP contribution in [0.1, 0.15) is 142 Å². The number of aliphatic hydroxyl groups excluding tert-OH is 3. The van der Waals surface area contributed by atoms with Crippen molar-refractivity contribution in [3.8, 4) is 0 Å². The molecule has 5 nitrogen and oxygen atoms in total. The third kappa shape index (κ3) is 14.8. The van der Waals surface area contributed by atoms with Gasteiger partial charge < -0.3 is 26.8 Å². The van der Waals surface area contributed by atoms with Gasteiger partial charge in [0.25, 0.3) is 0 Å². The normalized spacial score (nSPS) is 15.6. The molecule has 2 unspecified atom stereocenters. The average molecular weight is 459 g/mol. The molecule has 0 amide bonds. The molecule has 0 rings (SSSR count). The van der Waals surface area contributed by atoms with Crippen molar-refractivity contribution in [3.63, 3.8) is 0 Å². The number of unbranched alkanes of at least 4 members (excludes halogenated alkanes) is 15. The first-order chi connectivity index (χ1) is 15.5. The molecule has 7 N–H and O–H groups in total. The van der Waals surface area contributed by atoms with Gasteiger partial charge in [-0.25, -0.2) is 0 Å². The molecule has 32 heavy (non-hydrogen) atoms. The first-order valence-electron chi connectivity index (χ1n) is 13.9. The summed E-state index contributed by atoms with van der Waals surface area (Å²) in [5, 5.41) is 28.2.